The second-order valence-electron chi connectivity index (χ2n) is 4.17. The first-order valence-electron chi connectivity index (χ1n) is 5.97. The lowest BCUT2D eigenvalue weighted by Crippen LogP contribution is -2.21. The van der Waals surface area contributed by atoms with Crippen molar-refractivity contribution in [3.8, 4) is 0 Å². The van der Waals surface area contributed by atoms with Crippen molar-refractivity contribution in [1.29, 1.82) is 0 Å². The molecule has 8 heteroatoms. The molecule has 0 aliphatic rings. The van der Waals surface area contributed by atoms with Gasteiger partial charge >= 0.3 is 5.97 Å². The Morgan fingerprint density at radius 3 is 2.45 bits per heavy atom. The molecular formula is C14H9BrCl2N2O3. The maximum absolute atomic E-state index is 11.8. The minimum atomic E-state index is -0.645. The van der Waals surface area contributed by atoms with E-state index in [2.05, 4.69) is 26.2 Å². The number of nitrogens with zero attached hydrogens (tertiary/aromatic N) is 1. The van der Waals surface area contributed by atoms with Gasteiger partial charge in [0, 0.05) is 32.6 Å². The highest BCUT2D eigenvalue weighted by molar-refractivity contribution is 9.10. The van der Waals surface area contributed by atoms with Gasteiger partial charge in [0.1, 0.15) is 0 Å². The highest BCUT2D eigenvalue weighted by atomic mass is 79.9. The van der Waals surface area contributed by atoms with Crippen LogP contribution in [-0.4, -0.2) is 23.5 Å². The van der Waals surface area contributed by atoms with Gasteiger partial charge in [0.25, 0.3) is 5.91 Å². The van der Waals surface area contributed by atoms with Crippen molar-refractivity contribution in [3.05, 3.63) is 56.7 Å². The highest BCUT2D eigenvalue weighted by Crippen LogP contribution is 2.22. The molecule has 114 valence electrons. The number of pyridine rings is 1. The molecule has 0 fully saturated rings. The summed E-state index contributed by atoms with van der Waals surface area (Å²) in [7, 11) is 0. The largest absolute Gasteiger partial charge is 0.452 e. The van der Waals surface area contributed by atoms with E-state index in [-0.39, 0.29) is 5.56 Å². The van der Waals surface area contributed by atoms with Gasteiger partial charge in [-0.05, 0) is 40.2 Å². The van der Waals surface area contributed by atoms with E-state index in [0.717, 1.165) is 0 Å². The Balaban J connectivity index is 1.91. The van der Waals surface area contributed by atoms with Crippen LogP contribution in [0.25, 0.3) is 0 Å². The van der Waals surface area contributed by atoms with E-state index < -0.39 is 18.5 Å². The maximum atomic E-state index is 11.8. The van der Waals surface area contributed by atoms with Crippen molar-refractivity contribution in [2.24, 2.45) is 0 Å². The van der Waals surface area contributed by atoms with Gasteiger partial charge in [-0.3, -0.25) is 9.78 Å². The highest BCUT2D eigenvalue weighted by Gasteiger charge is 2.11. The Labute approximate surface area is 144 Å². The number of benzene rings is 1. The van der Waals surface area contributed by atoms with Crippen LogP contribution in [0.3, 0.4) is 0 Å². The van der Waals surface area contributed by atoms with Gasteiger partial charge < -0.3 is 10.1 Å². The van der Waals surface area contributed by atoms with E-state index in [1.165, 1.54) is 24.5 Å². The number of ether oxygens (including phenoxy) is 1. The lowest BCUT2D eigenvalue weighted by atomic mass is 10.3. The van der Waals surface area contributed by atoms with E-state index in [1.807, 2.05) is 0 Å². The van der Waals surface area contributed by atoms with Gasteiger partial charge in [-0.25, -0.2) is 4.79 Å². The predicted octanol–water partition coefficient (Wildman–Crippen LogP) is 3.95. The summed E-state index contributed by atoms with van der Waals surface area (Å²) in [6, 6.07) is 6.15. The molecule has 1 heterocycles. The molecule has 0 saturated heterocycles. The Kier molecular flexibility index (Phi) is 5.76. The summed E-state index contributed by atoms with van der Waals surface area (Å²) in [6.07, 6.45) is 2.88. The summed E-state index contributed by atoms with van der Waals surface area (Å²) in [6.45, 7) is -0.435. The van der Waals surface area contributed by atoms with Crippen molar-refractivity contribution >= 4 is 56.7 Å². The second kappa shape index (κ2) is 7.58. The van der Waals surface area contributed by atoms with Crippen LogP contribution in [-0.2, 0) is 9.53 Å². The Hall–Kier alpha value is -1.63. The standard InChI is InChI=1S/C14H9BrCl2N2O3/c15-9-1-8(5-18-6-9)14(21)22-7-13(20)19-12-3-10(16)2-11(17)4-12/h1-6H,7H2,(H,19,20). The number of nitrogens with one attached hydrogen (secondary N) is 1. The van der Waals surface area contributed by atoms with Gasteiger partial charge in [0.05, 0.1) is 5.56 Å². The third kappa shape index (κ3) is 4.98. The molecule has 0 radical (unpaired) electrons. The van der Waals surface area contributed by atoms with Crippen molar-refractivity contribution in [3.63, 3.8) is 0 Å². The number of halogens is 3. The number of aromatic nitrogens is 1. The Morgan fingerprint density at radius 2 is 1.82 bits per heavy atom. The van der Waals surface area contributed by atoms with Crippen LogP contribution in [0.1, 0.15) is 10.4 Å². The molecule has 0 spiro atoms. The van der Waals surface area contributed by atoms with Crippen LogP contribution in [0.2, 0.25) is 10.0 Å². The van der Waals surface area contributed by atoms with Gasteiger partial charge in [0.15, 0.2) is 6.61 Å². The molecule has 0 unspecified atom stereocenters. The lowest BCUT2D eigenvalue weighted by Gasteiger charge is -2.07. The molecule has 0 atom stereocenters. The number of esters is 1. The second-order valence-corrected chi connectivity index (χ2v) is 5.96. The van der Waals surface area contributed by atoms with Crippen LogP contribution in [0.5, 0.6) is 0 Å². The smallest absolute Gasteiger partial charge is 0.340 e. The summed E-state index contributed by atoms with van der Waals surface area (Å²) in [5, 5.41) is 3.31. The van der Waals surface area contributed by atoms with Gasteiger partial charge in [-0.2, -0.15) is 0 Å². The van der Waals surface area contributed by atoms with E-state index in [9.17, 15) is 9.59 Å². The first-order valence-corrected chi connectivity index (χ1v) is 7.52. The fraction of sp³-hybridized carbons (Fsp3) is 0.0714. The first kappa shape index (κ1) is 16.7. The summed E-state index contributed by atoms with van der Waals surface area (Å²) in [5.41, 5.74) is 0.663. The van der Waals surface area contributed by atoms with Crippen LogP contribution < -0.4 is 5.32 Å². The fourth-order valence-electron chi connectivity index (χ4n) is 1.56. The molecule has 1 N–H and O–H groups in total. The lowest BCUT2D eigenvalue weighted by molar-refractivity contribution is -0.119. The molecule has 0 aliphatic heterocycles. The zero-order valence-corrected chi connectivity index (χ0v) is 14.1. The van der Waals surface area contributed by atoms with Crippen LogP contribution in [0.4, 0.5) is 5.69 Å². The third-order valence-corrected chi connectivity index (χ3v) is 3.29. The van der Waals surface area contributed by atoms with Crippen molar-refractivity contribution in [1.82, 2.24) is 4.98 Å². The predicted molar refractivity (Wildman–Crippen MR) is 87.3 cm³/mol. The van der Waals surface area contributed by atoms with E-state index in [4.69, 9.17) is 27.9 Å². The molecule has 22 heavy (non-hydrogen) atoms. The van der Waals surface area contributed by atoms with Gasteiger partial charge in [-0.1, -0.05) is 23.2 Å². The maximum Gasteiger partial charge on any atom is 0.340 e. The summed E-state index contributed by atoms with van der Waals surface area (Å²) < 4.78 is 5.54. The van der Waals surface area contributed by atoms with Gasteiger partial charge in [0.2, 0.25) is 0 Å². The Bertz CT molecular complexity index is 705. The molecule has 2 aromatic rings. The minimum Gasteiger partial charge on any atom is -0.452 e. The minimum absolute atomic E-state index is 0.243. The van der Waals surface area contributed by atoms with E-state index in [1.54, 1.807) is 12.1 Å². The normalized spacial score (nSPS) is 10.1. The van der Waals surface area contributed by atoms with Crippen molar-refractivity contribution < 1.29 is 14.3 Å². The van der Waals surface area contributed by atoms with Crippen molar-refractivity contribution in [2.75, 3.05) is 11.9 Å². The average molecular weight is 404 g/mol. The third-order valence-electron chi connectivity index (χ3n) is 2.42. The topological polar surface area (TPSA) is 68.3 Å². The van der Waals surface area contributed by atoms with E-state index >= 15 is 0 Å². The molecule has 0 aliphatic carbocycles. The monoisotopic (exact) mass is 402 g/mol. The SMILES string of the molecule is O=C(COC(=O)c1cncc(Br)c1)Nc1cc(Cl)cc(Cl)c1. The summed E-state index contributed by atoms with van der Waals surface area (Å²) >= 11 is 14.8. The van der Waals surface area contributed by atoms with Crippen LogP contribution >= 0.6 is 39.1 Å². The first-order chi connectivity index (χ1) is 10.4. The zero-order chi connectivity index (χ0) is 16.1. The molecule has 2 rings (SSSR count). The number of amides is 1. The Morgan fingerprint density at radius 1 is 1.14 bits per heavy atom. The fourth-order valence-corrected chi connectivity index (χ4v) is 2.45. The zero-order valence-electron chi connectivity index (χ0n) is 11.0. The number of carbonyl (C=O) groups excluding carboxylic acids is 2. The summed E-state index contributed by atoms with van der Waals surface area (Å²) in [5.74, 6) is -1.15. The molecular weight excluding hydrogens is 395 g/mol. The number of hydrogen-bond acceptors (Lipinski definition) is 4. The van der Waals surface area contributed by atoms with Crippen LogP contribution in [0, 0.1) is 0 Å². The van der Waals surface area contributed by atoms with Crippen molar-refractivity contribution in [2.45, 2.75) is 0 Å². The van der Waals surface area contributed by atoms with Gasteiger partial charge in [-0.15, -0.1) is 0 Å². The number of hydrogen-bond donors (Lipinski definition) is 1. The molecule has 1 aromatic heterocycles. The molecule has 5 nitrogen and oxygen atoms in total. The number of anilines is 1. The number of carbonyl (C=O) groups is 2. The quantitative estimate of drug-likeness (QED) is 0.785. The molecule has 0 saturated carbocycles. The average Bonchev–Trinajstić information content (AvgIpc) is 2.43. The van der Waals surface area contributed by atoms with Crippen LogP contribution in [0.15, 0.2) is 41.1 Å². The number of rotatable bonds is 4. The molecule has 1 amide bonds. The molecule has 1 aromatic carbocycles. The van der Waals surface area contributed by atoms with E-state index in [0.29, 0.717) is 20.2 Å². The summed E-state index contributed by atoms with van der Waals surface area (Å²) in [4.78, 5) is 27.3. The molecule has 0 bridgehead atoms.